The summed E-state index contributed by atoms with van der Waals surface area (Å²) in [6.07, 6.45) is 7.42. The summed E-state index contributed by atoms with van der Waals surface area (Å²) >= 11 is 1.52. The molecule has 0 atom stereocenters. The van der Waals surface area contributed by atoms with Crippen LogP contribution in [0.2, 0.25) is 0 Å². The van der Waals surface area contributed by atoms with E-state index in [2.05, 4.69) is 4.98 Å². The molecule has 2 rings (SSSR count). The fourth-order valence-electron chi connectivity index (χ4n) is 2.34. The van der Waals surface area contributed by atoms with Gasteiger partial charge in [0.1, 0.15) is 10.4 Å². The van der Waals surface area contributed by atoms with Crippen LogP contribution in [0, 0.1) is 6.92 Å². The SMILES string of the molecule is C/C=C\C(=C/C)c1sc2[nH]cc(C(=O)OCC)c(=O)c2c1C. The van der Waals surface area contributed by atoms with Gasteiger partial charge in [0, 0.05) is 11.1 Å². The molecule has 0 aliphatic carbocycles. The van der Waals surface area contributed by atoms with Crippen molar-refractivity contribution in [3.05, 3.63) is 50.7 Å². The largest absolute Gasteiger partial charge is 0.462 e. The van der Waals surface area contributed by atoms with Crippen molar-refractivity contribution in [3.63, 3.8) is 0 Å². The van der Waals surface area contributed by atoms with Gasteiger partial charge in [-0.3, -0.25) is 4.79 Å². The molecule has 0 unspecified atom stereocenters. The van der Waals surface area contributed by atoms with E-state index in [9.17, 15) is 9.59 Å². The number of rotatable bonds is 4. The third kappa shape index (κ3) is 2.76. The maximum absolute atomic E-state index is 12.6. The number of fused-ring (bicyclic) bond motifs is 1. The fourth-order valence-corrected chi connectivity index (χ4v) is 3.57. The van der Waals surface area contributed by atoms with Gasteiger partial charge in [0.15, 0.2) is 0 Å². The molecular weight excluding hydrogens is 298 g/mol. The molecule has 4 nitrogen and oxygen atoms in total. The molecule has 0 aliphatic rings. The van der Waals surface area contributed by atoms with Crippen LogP contribution in [0.5, 0.6) is 0 Å². The Morgan fingerprint density at radius 2 is 2.14 bits per heavy atom. The molecule has 0 radical (unpaired) electrons. The highest BCUT2D eigenvalue weighted by Gasteiger charge is 2.19. The van der Waals surface area contributed by atoms with Crippen LogP contribution in [0.3, 0.4) is 0 Å². The van der Waals surface area contributed by atoms with Gasteiger partial charge in [0.2, 0.25) is 5.43 Å². The lowest BCUT2D eigenvalue weighted by Crippen LogP contribution is -2.18. The number of aromatic amines is 1. The third-order valence-electron chi connectivity index (χ3n) is 3.38. The molecule has 0 saturated carbocycles. The number of carbonyl (C=O) groups is 1. The molecule has 0 aromatic carbocycles. The van der Waals surface area contributed by atoms with Crippen LogP contribution in [0.25, 0.3) is 15.8 Å². The van der Waals surface area contributed by atoms with Gasteiger partial charge in [-0.25, -0.2) is 4.79 Å². The Morgan fingerprint density at radius 1 is 1.41 bits per heavy atom. The van der Waals surface area contributed by atoms with Crippen LogP contribution in [-0.2, 0) is 4.74 Å². The van der Waals surface area contributed by atoms with Crippen molar-refractivity contribution in [2.45, 2.75) is 27.7 Å². The number of allylic oxidation sites excluding steroid dienone is 4. The summed E-state index contributed by atoms with van der Waals surface area (Å²) in [5, 5.41) is 0.564. The first-order valence-electron chi connectivity index (χ1n) is 7.16. The van der Waals surface area contributed by atoms with E-state index in [0.717, 1.165) is 20.8 Å². The van der Waals surface area contributed by atoms with E-state index >= 15 is 0 Å². The number of aryl methyl sites for hydroxylation is 1. The smallest absolute Gasteiger partial charge is 0.343 e. The Balaban J connectivity index is 2.69. The number of hydrogen-bond donors (Lipinski definition) is 1. The topological polar surface area (TPSA) is 59.2 Å². The minimum Gasteiger partial charge on any atom is -0.462 e. The van der Waals surface area contributed by atoms with Crippen molar-refractivity contribution in [1.29, 1.82) is 0 Å². The molecule has 2 aromatic rings. The highest BCUT2D eigenvalue weighted by Crippen LogP contribution is 2.33. The summed E-state index contributed by atoms with van der Waals surface area (Å²) in [6.45, 7) is 7.79. The Kier molecular flexibility index (Phi) is 4.98. The number of pyridine rings is 1. The minimum atomic E-state index is -0.586. The summed E-state index contributed by atoms with van der Waals surface area (Å²) < 4.78 is 4.93. The predicted molar refractivity (Wildman–Crippen MR) is 91.6 cm³/mol. The molecular formula is C17H19NO3S. The Hall–Kier alpha value is -2.14. The molecule has 0 fully saturated rings. The van der Waals surface area contributed by atoms with Crippen molar-refractivity contribution >= 4 is 33.1 Å². The summed E-state index contributed by atoms with van der Waals surface area (Å²) in [5.41, 5.74) is 1.73. The van der Waals surface area contributed by atoms with Crippen molar-refractivity contribution < 1.29 is 9.53 Å². The Bertz CT molecular complexity index is 824. The zero-order valence-corrected chi connectivity index (χ0v) is 14.0. The normalized spacial score (nSPS) is 12.3. The highest BCUT2D eigenvalue weighted by atomic mass is 32.1. The second-order valence-electron chi connectivity index (χ2n) is 4.76. The molecule has 2 aromatic heterocycles. The number of esters is 1. The van der Waals surface area contributed by atoms with Gasteiger partial charge in [0.05, 0.1) is 12.0 Å². The maximum Gasteiger partial charge on any atom is 0.343 e. The van der Waals surface area contributed by atoms with Crippen LogP contribution in [-0.4, -0.2) is 17.6 Å². The number of nitrogens with one attached hydrogen (secondary N) is 1. The highest BCUT2D eigenvalue weighted by molar-refractivity contribution is 7.19. The quantitative estimate of drug-likeness (QED) is 0.683. The zero-order valence-electron chi connectivity index (χ0n) is 13.1. The van der Waals surface area contributed by atoms with Gasteiger partial charge in [-0.2, -0.15) is 0 Å². The molecule has 116 valence electrons. The van der Waals surface area contributed by atoms with Gasteiger partial charge in [-0.15, -0.1) is 11.3 Å². The molecule has 0 bridgehead atoms. The van der Waals surface area contributed by atoms with Crippen LogP contribution in [0.4, 0.5) is 0 Å². The second-order valence-corrected chi connectivity index (χ2v) is 5.78. The average Bonchev–Trinajstić information content (AvgIpc) is 2.83. The average molecular weight is 317 g/mol. The molecule has 2 heterocycles. The summed E-state index contributed by atoms with van der Waals surface area (Å²) in [4.78, 5) is 29.3. The van der Waals surface area contributed by atoms with E-state index in [4.69, 9.17) is 4.74 Å². The van der Waals surface area contributed by atoms with Crippen LogP contribution < -0.4 is 5.43 Å². The van der Waals surface area contributed by atoms with Gasteiger partial charge in [0.25, 0.3) is 0 Å². The van der Waals surface area contributed by atoms with E-state index in [0.29, 0.717) is 5.39 Å². The number of ether oxygens (including phenoxy) is 1. The lowest BCUT2D eigenvalue weighted by Gasteiger charge is -2.01. The zero-order chi connectivity index (χ0) is 16.3. The lowest BCUT2D eigenvalue weighted by molar-refractivity contribution is 0.0524. The van der Waals surface area contributed by atoms with Crippen molar-refractivity contribution in [1.82, 2.24) is 4.98 Å². The fraction of sp³-hybridized carbons (Fsp3) is 0.294. The van der Waals surface area contributed by atoms with Gasteiger partial charge < -0.3 is 9.72 Å². The summed E-state index contributed by atoms with van der Waals surface area (Å²) in [5.74, 6) is -0.586. The third-order valence-corrected chi connectivity index (χ3v) is 4.65. The van der Waals surface area contributed by atoms with E-state index in [-0.39, 0.29) is 17.6 Å². The van der Waals surface area contributed by atoms with Crippen LogP contribution in [0.1, 0.15) is 41.6 Å². The predicted octanol–water partition coefficient (Wildman–Crippen LogP) is 4.05. The molecule has 0 aliphatic heterocycles. The first-order chi connectivity index (χ1) is 10.5. The van der Waals surface area contributed by atoms with E-state index < -0.39 is 5.97 Å². The molecule has 0 spiro atoms. The van der Waals surface area contributed by atoms with Crippen molar-refractivity contribution in [2.24, 2.45) is 0 Å². The monoisotopic (exact) mass is 317 g/mol. The van der Waals surface area contributed by atoms with Crippen molar-refractivity contribution in [2.75, 3.05) is 6.61 Å². The summed E-state index contributed by atoms with van der Waals surface area (Å²) in [7, 11) is 0. The number of aromatic nitrogens is 1. The maximum atomic E-state index is 12.6. The van der Waals surface area contributed by atoms with Crippen LogP contribution in [0.15, 0.2) is 29.2 Å². The molecule has 0 amide bonds. The number of hydrogen-bond acceptors (Lipinski definition) is 4. The van der Waals surface area contributed by atoms with E-state index in [1.54, 1.807) is 6.92 Å². The number of carbonyl (C=O) groups excluding carboxylic acids is 1. The van der Waals surface area contributed by atoms with Crippen LogP contribution >= 0.6 is 11.3 Å². The number of thiophene rings is 1. The standard InChI is InChI=1S/C17H19NO3S/c1-5-8-11(6-2)15-10(4)13-14(19)12(17(20)21-7-3)9-18-16(13)22-15/h5-6,8-9H,7H2,1-4H3,(H,18,19)/b8-5-,11-6+. The first-order valence-corrected chi connectivity index (χ1v) is 7.98. The molecule has 5 heteroatoms. The van der Waals surface area contributed by atoms with E-state index in [1.807, 2.05) is 39.0 Å². The van der Waals surface area contributed by atoms with E-state index in [1.165, 1.54) is 17.5 Å². The number of H-pyrrole nitrogens is 1. The molecule has 0 saturated heterocycles. The van der Waals surface area contributed by atoms with Gasteiger partial charge >= 0.3 is 5.97 Å². The molecule has 22 heavy (non-hydrogen) atoms. The second kappa shape index (κ2) is 6.75. The molecule has 1 N–H and O–H groups in total. The van der Waals surface area contributed by atoms with Crippen molar-refractivity contribution in [3.8, 4) is 0 Å². The van der Waals surface area contributed by atoms with Gasteiger partial charge in [-0.1, -0.05) is 18.2 Å². The minimum absolute atomic E-state index is 0.0508. The summed E-state index contributed by atoms with van der Waals surface area (Å²) in [6, 6.07) is 0. The Morgan fingerprint density at radius 3 is 2.73 bits per heavy atom. The Labute approximate surface area is 133 Å². The lowest BCUT2D eigenvalue weighted by atomic mass is 10.1. The van der Waals surface area contributed by atoms with Gasteiger partial charge in [-0.05, 0) is 38.8 Å². The first kappa shape index (κ1) is 16.2.